The van der Waals surface area contributed by atoms with E-state index in [1.54, 1.807) is 12.1 Å². The maximum Gasteiger partial charge on any atom is 0.175 e. The zero-order chi connectivity index (χ0) is 19.8. The Morgan fingerprint density at radius 1 is 1.04 bits per heavy atom. The van der Waals surface area contributed by atoms with Gasteiger partial charge in [0.05, 0.1) is 10.6 Å². The number of benzene rings is 2. The summed E-state index contributed by atoms with van der Waals surface area (Å²) in [6.07, 6.45) is 1.22. The van der Waals surface area contributed by atoms with Crippen LogP contribution in [0, 0.1) is 20.8 Å². The lowest BCUT2D eigenvalue weighted by atomic mass is 10.0. The van der Waals surface area contributed by atoms with Crippen LogP contribution >= 0.6 is 0 Å². The number of rotatable bonds is 5. The number of hydrogen-bond donors (Lipinski definition) is 0. The fraction of sp³-hybridized carbons (Fsp3) is 0.286. The highest BCUT2D eigenvalue weighted by atomic mass is 32.2. The van der Waals surface area contributed by atoms with E-state index in [0.717, 1.165) is 46.1 Å². The summed E-state index contributed by atoms with van der Waals surface area (Å²) in [5.74, 6) is 0.794. The average Bonchev–Trinajstić information content (AvgIpc) is 2.95. The molecule has 3 rings (SSSR count). The molecule has 0 unspecified atom stereocenters. The molecule has 0 amide bonds. The molecule has 2 aromatic carbocycles. The van der Waals surface area contributed by atoms with E-state index >= 15 is 0 Å². The first-order valence-corrected chi connectivity index (χ1v) is 10.7. The molecule has 0 aliphatic rings. The Kier molecular flexibility index (Phi) is 5.11. The predicted molar refractivity (Wildman–Crippen MR) is 108 cm³/mol. The molecule has 0 saturated heterocycles. The fourth-order valence-electron chi connectivity index (χ4n) is 3.32. The fourth-order valence-corrected chi connectivity index (χ4v) is 3.95. The second-order valence-corrected chi connectivity index (χ2v) is 8.73. The van der Waals surface area contributed by atoms with E-state index in [9.17, 15) is 8.42 Å². The highest BCUT2D eigenvalue weighted by Crippen LogP contribution is 2.35. The van der Waals surface area contributed by atoms with Crippen molar-refractivity contribution in [2.24, 2.45) is 0 Å². The summed E-state index contributed by atoms with van der Waals surface area (Å²) in [4.78, 5) is 2.49. The molecule has 1 aromatic heterocycles. The van der Waals surface area contributed by atoms with Gasteiger partial charge < -0.3 is 9.42 Å². The van der Waals surface area contributed by atoms with Crippen LogP contribution in [0.15, 0.2) is 51.9 Å². The minimum absolute atomic E-state index is 0.323. The van der Waals surface area contributed by atoms with Gasteiger partial charge >= 0.3 is 0 Å². The first kappa shape index (κ1) is 19.2. The van der Waals surface area contributed by atoms with Crippen molar-refractivity contribution in [2.75, 3.05) is 17.7 Å². The Morgan fingerprint density at radius 2 is 1.70 bits per heavy atom. The molecule has 0 aliphatic heterocycles. The third-order valence-corrected chi connectivity index (χ3v) is 5.84. The van der Waals surface area contributed by atoms with Gasteiger partial charge in [0, 0.05) is 29.7 Å². The van der Waals surface area contributed by atoms with Crippen LogP contribution in [-0.2, 0) is 9.84 Å². The summed E-state index contributed by atoms with van der Waals surface area (Å²) >= 11 is 0. The van der Waals surface area contributed by atoms with Crippen LogP contribution in [0.5, 0.6) is 0 Å². The minimum Gasteiger partial charge on any atom is -0.361 e. The number of sulfone groups is 1. The van der Waals surface area contributed by atoms with Crippen molar-refractivity contribution in [1.82, 2.24) is 5.16 Å². The molecule has 0 fully saturated rings. The van der Waals surface area contributed by atoms with Gasteiger partial charge in [0.1, 0.15) is 5.76 Å². The molecule has 1 heterocycles. The third kappa shape index (κ3) is 3.76. The minimum atomic E-state index is -3.21. The Hall–Kier alpha value is -2.60. The van der Waals surface area contributed by atoms with E-state index < -0.39 is 9.84 Å². The van der Waals surface area contributed by atoms with Crippen LogP contribution in [0.4, 0.5) is 11.4 Å². The second-order valence-electron chi connectivity index (χ2n) is 6.71. The highest BCUT2D eigenvalue weighted by Gasteiger charge is 2.16. The summed E-state index contributed by atoms with van der Waals surface area (Å²) in [6.45, 7) is 8.75. The Morgan fingerprint density at radius 3 is 2.22 bits per heavy atom. The number of hydrogen-bond acceptors (Lipinski definition) is 5. The molecule has 3 aromatic rings. The zero-order valence-electron chi connectivity index (χ0n) is 16.3. The summed E-state index contributed by atoms with van der Waals surface area (Å²) in [5, 5.41) is 4.06. The lowest BCUT2D eigenvalue weighted by Crippen LogP contribution is -2.17. The first-order chi connectivity index (χ1) is 12.7. The van der Waals surface area contributed by atoms with Gasteiger partial charge in [-0.2, -0.15) is 0 Å². The number of nitrogens with zero attached hydrogens (tertiary/aromatic N) is 2. The standard InChI is InChI=1S/C21H24N2O3S/c1-6-23(18-9-11-19(12-10-18)27(5,24)25)20-13-17(8-7-14(20)2)21-15(3)22-26-16(21)4/h7-13H,6H2,1-5H3. The molecule has 0 N–H and O–H groups in total. The third-order valence-electron chi connectivity index (χ3n) is 4.71. The number of anilines is 2. The molecule has 0 bridgehead atoms. The molecule has 0 saturated carbocycles. The van der Waals surface area contributed by atoms with Crippen LogP contribution in [0.3, 0.4) is 0 Å². The first-order valence-electron chi connectivity index (χ1n) is 8.84. The monoisotopic (exact) mass is 384 g/mol. The topological polar surface area (TPSA) is 63.4 Å². The maximum atomic E-state index is 11.7. The summed E-state index contributed by atoms with van der Waals surface area (Å²) in [6, 6.07) is 13.3. The second kappa shape index (κ2) is 7.19. The van der Waals surface area contributed by atoms with Gasteiger partial charge in [0.2, 0.25) is 0 Å². The van der Waals surface area contributed by atoms with Gasteiger partial charge in [-0.25, -0.2) is 8.42 Å². The number of aromatic nitrogens is 1. The van der Waals surface area contributed by atoms with E-state index in [4.69, 9.17) is 4.52 Å². The van der Waals surface area contributed by atoms with Crippen LogP contribution < -0.4 is 4.90 Å². The molecular weight excluding hydrogens is 360 g/mol. The van der Waals surface area contributed by atoms with Crippen molar-refractivity contribution in [2.45, 2.75) is 32.6 Å². The quantitative estimate of drug-likeness (QED) is 0.630. The van der Waals surface area contributed by atoms with Crippen LogP contribution in [0.25, 0.3) is 11.1 Å². The van der Waals surface area contributed by atoms with Gasteiger partial charge in [-0.05, 0) is 69.2 Å². The highest BCUT2D eigenvalue weighted by molar-refractivity contribution is 7.90. The van der Waals surface area contributed by atoms with Crippen LogP contribution in [0.1, 0.15) is 23.9 Å². The molecule has 142 valence electrons. The van der Waals surface area contributed by atoms with Crippen molar-refractivity contribution in [3.63, 3.8) is 0 Å². The van der Waals surface area contributed by atoms with Gasteiger partial charge in [0.15, 0.2) is 9.84 Å². The van der Waals surface area contributed by atoms with E-state index in [-0.39, 0.29) is 0 Å². The van der Waals surface area contributed by atoms with Crippen LogP contribution in [-0.4, -0.2) is 26.4 Å². The van der Waals surface area contributed by atoms with Gasteiger partial charge in [-0.3, -0.25) is 0 Å². The van der Waals surface area contributed by atoms with Gasteiger partial charge in [-0.1, -0.05) is 17.3 Å². The maximum absolute atomic E-state index is 11.7. The van der Waals surface area contributed by atoms with Crippen molar-refractivity contribution < 1.29 is 12.9 Å². The largest absolute Gasteiger partial charge is 0.361 e. The molecule has 27 heavy (non-hydrogen) atoms. The lowest BCUT2D eigenvalue weighted by Gasteiger charge is -2.26. The summed E-state index contributed by atoms with van der Waals surface area (Å²) in [5.41, 5.74) is 6.09. The van der Waals surface area contributed by atoms with E-state index in [2.05, 4.69) is 42.1 Å². The smallest absolute Gasteiger partial charge is 0.175 e. The van der Waals surface area contributed by atoms with E-state index in [1.807, 2.05) is 26.0 Å². The molecule has 0 atom stereocenters. The van der Waals surface area contributed by atoms with Gasteiger partial charge in [0.25, 0.3) is 0 Å². The molecule has 0 aliphatic carbocycles. The van der Waals surface area contributed by atoms with E-state index in [0.29, 0.717) is 4.90 Å². The molecule has 0 radical (unpaired) electrons. The van der Waals surface area contributed by atoms with Crippen molar-refractivity contribution >= 4 is 21.2 Å². The lowest BCUT2D eigenvalue weighted by molar-refractivity contribution is 0.393. The van der Waals surface area contributed by atoms with Crippen molar-refractivity contribution in [1.29, 1.82) is 0 Å². The molecule has 6 heteroatoms. The normalized spacial score (nSPS) is 11.6. The Bertz CT molecular complexity index is 1050. The summed E-state index contributed by atoms with van der Waals surface area (Å²) in [7, 11) is -3.21. The SMILES string of the molecule is CCN(c1ccc(S(C)(=O)=O)cc1)c1cc(-c2c(C)noc2C)ccc1C. The van der Waals surface area contributed by atoms with Crippen LogP contribution in [0.2, 0.25) is 0 Å². The molecule has 5 nitrogen and oxygen atoms in total. The number of aryl methyl sites for hydroxylation is 3. The van der Waals surface area contributed by atoms with E-state index in [1.165, 1.54) is 6.26 Å². The molecular formula is C21H24N2O3S. The average molecular weight is 385 g/mol. The molecule has 0 spiro atoms. The summed E-state index contributed by atoms with van der Waals surface area (Å²) < 4.78 is 28.8. The van der Waals surface area contributed by atoms with Gasteiger partial charge in [-0.15, -0.1) is 0 Å². The zero-order valence-corrected chi connectivity index (χ0v) is 17.1. The Balaban J connectivity index is 2.07. The van der Waals surface area contributed by atoms with Crippen molar-refractivity contribution in [3.8, 4) is 11.1 Å². The predicted octanol–water partition coefficient (Wildman–Crippen LogP) is 4.83. The Labute approximate surface area is 160 Å². The van der Waals surface area contributed by atoms with Crippen molar-refractivity contribution in [3.05, 3.63) is 59.5 Å².